The molecule has 0 saturated carbocycles. The van der Waals surface area contributed by atoms with E-state index in [1.807, 2.05) is 20.8 Å². The van der Waals surface area contributed by atoms with Gasteiger partial charge in [-0.3, -0.25) is 0 Å². The quantitative estimate of drug-likeness (QED) is 0.732. The molecule has 1 rings (SSSR count). The van der Waals surface area contributed by atoms with Crippen molar-refractivity contribution < 1.29 is 8.42 Å². The van der Waals surface area contributed by atoms with Gasteiger partial charge in [0.15, 0.2) is 0 Å². The minimum Gasteiger partial charge on any atom is -0.329 e. The zero-order chi connectivity index (χ0) is 11.0. The van der Waals surface area contributed by atoms with Crippen molar-refractivity contribution in [2.75, 3.05) is 18.8 Å². The van der Waals surface area contributed by atoms with Gasteiger partial charge in [0.05, 0.1) is 5.75 Å². The molecule has 0 spiro atoms. The number of nitrogens with zero attached hydrogens (tertiary/aromatic N) is 1. The number of nitrogens with two attached hydrogens (primary N) is 1. The fourth-order valence-electron chi connectivity index (χ4n) is 1.91. The second kappa shape index (κ2) is 3.79. The second-order valence-electron chi connectivity index (χ2n) is 4.90. The van der Waals surface area contributed by atoms with Crippen molar-refractivity contribution in [2.24, 2.45) is 11.1 Å². The highest BCUT2D eigenvalue weighted by atomic mass is 32.2. The average molecular weight is 220 g/mol. The lowest BCUT2D eigenvalue weighted by Gasteiger charge is -2.35. The van der Waals surface area contributed by atoms with Crippen molar-refractivity contribution in [3.63, 3.8) is 0 Å². The maximum absolute atomic E-state index is 11.7. The van der Waals surface area contributed by atoms with Crippen LogP contribution in [-0.4, -0.2) is 37.6 Å². The maximum Gasteiger partial charge on any atom is 0.214 e. The molecule has 0 aliphatic carbocycles. The Hall–Kier alpha value is -0.130. The van der Waals surface area contributed by atoms with Crippen molar-refractivity contribution in [3.05, 3.63) is 0 Å². The number of hydrogen-bond acceptors (Lipinski definition) is 3. The monoisotopic (exact) mass is 220 g/mol. The molecule has 1 heterocycles. The predicted molar refractivity (Wildman–Crippen MR) is 57.4 cm³/mol. The molecule has 0 aromatic carbocycles. The molecule has 0 amide bonds. The summed E-state index contributed by atoms with van der Waals surface area (Å²) in [6.45, 7) is 7.10. The number of sulfonamides is 1. The first-order chi connectivity index (χ1) is 6.29. The third-order valence-electron chi connectivity index (χ3n) is 2.71. The van der Waals surface area contributed by atoms with Gasteiger partial charge in [0.2, 0.25) is 10.0 Å². The van der Waals surface area contributed by atoms with Crippen LogP contribution in [0.15, 0.2) is 0 Å². The lowest BCUT2D eigenvalue weighted by Crippen LogP contribution is -2.49. The van der Waals surface area contributed by atoms with Gasteiger partial charge >= 0.3 is 0 Å². The molecular weight excluding hydrogens is 200 g/mol. The van der Waals surface area contributed by atoms with Crippen LogP contribution in [0.1, 0.15) is 27.2 Å². The highest BCUT2D eigenvalue weighted by Crippen LogP contribution is 2.28. The molecule has 1 fully saturated rings. The van der Waals surface area contributed by atoms with Crippen molar-refractivity contribution in [2.45, 2.75) is 33.2 Å². The molecule has 0 bridgehead atoms. The van der Waals surface area contributed by atoms with Crippen LogP contribution >= 0.6 is 0 Å². The van der Waals surface area contributed by atoms with Gasteiger partial charge in [-0.1, -0.05) is 20.8 Å². The summed E-state index contributed by atoms with van der Waals surface area (Å²) in [6, 6.07) is -0.0741. The molecule has 1 aliphatic heterocycles. The molecule has 84 valence electrons. The molecule has 0 aromatic rings. The fourth-order valence-corrected chi connectivity index (χ4v) is 3.84. The molecule has 1 saturated heterocycles. The van der Waals surface area contributed by atoms with E-state index in [1.165, 1.54) is 0 Å². The SMILES string of the molecule is CC(C)(C)C(CN)N1CCCS1(=O)=O. The number of hydrogen-bond donors (Lipinski definition) is 1. The van der Waals surface area contributed by atoms with Gasteiger partial charge in [-0.2, -0.15) is 4.31 Å². The van der Waals surface area contributed by atoms with Gasteiger partial charge in [0.1, 0.15) is 0 Å². The van der Waals surface area contributed by atoms with Gasteiger partial charge in [0, 0.05) is 19.1 Å². The Morgan fingerprint density at radius 3 is 2.29 bits per heavy atom. The van der Waals surface area contributed by atoms with Gasteiger partial charge < -0.3 is 5.73 Å². The minimum absolute atomic E-state index is 0.0741. The Morgan fingerprint density at radius 2 is 2.00 bits per heavy atom. The molecule has 1 unspecified atom stereocenters. The Balaban J connectivity index is 2.91. The topological polar surface area (TPSA) is 63.4 Å². The smallest absolute Gasteiger partial charge is 0.214 e. The summed E-state index contributed by atoms with van der Waals surface area (Å²) in [4.78, 5) is 0. The molecule has 5 heteroatoms. The van der Waals surface area contributed by atoms with E-state index in [-0.39, 0.29) is 17.2 Å². The lowest BCUT2D eigenvalue weighted by atomic mass is 9.87. The molecule has 0 radical (unpaired) electrons. The molecule has 1 aliphatic rings. The summed E-state index contributed by atoms with van der Waals surface area (Å²) in [5, 5.41) is 0. The maximum atomic E-state index is 11.7. The molecule has 0 aromatic heterocycles. The predicted octanol–water partition coefficient (Wildman–Crippen LogP) is 0.395. The third-order valence-corrected chi connectivity index (χ3v) is 4.66. The largest absolute Gasteiger partial charge is 0.329 e. The van der Waals surface area contributed by atoms with E-state index in [9.17, 15) is 8.42 Å². The molecule has 14 heavy (non-hydrogen) atoms. The van der Waals surface area contributed by atoms with Crippen LogP contribution in [0.5, 0.6) is 0 Å². The Bertz CT molecular complexity index is 292. The first-order valence-corrected chi connectivity index (χ1v) is 6.59. The van der Waals surface area contributed by atoms with Gasteiger partial charge in [-0.05, 0) is 11.8 Å². The normalized spacial score (nSPS) is 25.1. The zero-order valence-corrected chi connectivity index (χ0v) is 9.97. The van der Waals surface area contributed by atoms with Crippen LogP contribution in [0, 0.1) is 5.41 Å². The second-order valence-corrected chi connectivity index (χ2v) is 6.94. The Morgan fingerprint density at radius 1 is 1.43 bits per heavy atom. The van der Waals surface area contributed by atoms with E-state index in [0.29, 0.717) is 13.1 Å². The summed E-state index contributed by atoms with van der Waals surface area (Å²) in [5.74, 6) is 0.277. The average Bonchev–Trinajstić information content (AvgIpc) is 2.30. The van der Waals surface area contributed by atoms with Crippen molar-refractivity contribution >= 4 is 10.0 Å². The van der Waals surface area contributed by atoms with Crippen LogP contribution in [-0.2, 0) is 10.0 Å². The summed E-state index contributed by atoms with van der Waals surface area (Å²) in [7, 11) is -3.03. The Labute approximate surface area is 86.5 Å². The summed E-state index contributed by atoms with van der Waals surface area (Å²) >= 11 is 0. The van der Waals surface area contributed by atoms with Crippen LogP contribution in [0.4, 0.5) is 0 Å². The van der Waals surface area contributed by atoms with Crippen LogP contribution < -0.4 is 5.73 Å². The lowest BCUT2D eigenvalue weighted by molar-refractivity contribution is 0.191. The van der Waals surface area contributed by atoms with E-state index in [4.69, 9.17) is 5.73 Å². The van der Waals surface area contributed by atoms with Gasteiger partial charge in [0.25, 0.3) is 0 Å². The van der Waals surface area contributed by atoms with Crippen LogP contribution in [0.25, 0.3) is 0 Å². The summed E-state index contributed by atoms with van der Waals surface area (Å²) in [5.41, 5.74) is 5.56. The van der Waals surface area contributed by atoms with E-state index in [2.05, 4.69) is 0 Å². The number of rotatable bonds is 2. The van der Waals surface area contributed by atoms with E-state index < -0.39 is 10.0 Å². The summed E-state index contributed by atoms with van der Waals surface area (Å²) in [6.07, 6.45) is 0.731. The van der Waals surface area contributed by atoms with Crippen LogP contribution in [0.3, 0.4) is 0 Å². The Kier molecular flexibility index (Phi) is 3.23. The van der Waals surface area contributed by atoms with E-state index in [0.717, 1.165) is 6.42 Å². The first kappa shape index (κ1) is 11.9. The van der Waals surface area contributed by atoms with Crippen LogP contribution in [0.2, 0.25) is 0 Å². The first-order valence-electron chi connectivity index (χ1n) is 4.98. The van der Waals surface area contributed by atoms with Gasteiger partial charge in [-0.25, -0.2) is 8.42 Å². The fraction of sp³-hybridized carbons (Fsp3) is 1.00. The van der Waals surface area contributed by atoms with Gasteiger partial charge in [-0.15, -0.1) is 0 Å². The zero-order valence-electron chi connectivity index (χ0n) is 9.16. The standard InChI is InChI=1S/C9H20N2O2S/c1-9(2,3)8(7-10)11-5-4-6-14(11,12)13/h8H,4-7,10H2,1-3H3. The highest BCUT2D eigenvalue weighted by molar-refractivity contribution is 7.89. The van der Waals surface area contributed by atoms with E-state index in [1.54, 1.807) is 4.31 Å². The van der Waals surface area contributed by atoms with E-state index >= 15 is 0 Å². The molecule has 4 nitrogen and oxygen atoms in total. The van der Waals surface area contributed by atoms with Crippen molar-refractivity contribution in [1.82, 2.24) is 4.31 Å². The molecule has 2 N–H and O–H groups in total. The van der Waals surface area contributed by atoms with Crippen molar-refractivity contribution in [3.8, 4) is 0 Å². The molecule has 1 atom stereocenters. The third kappa shape index (κ3) is 2.27. The highest BCUT2D eigenvalue weighted by Gasteiger charge is 2.39. The molecular formula is C9H20N2O2S. The summed E-state index contributed by atoms with van der Waals surface area (Å²) < 4.78 is 24.9. The van der Waals surface area contributed by atoms with Crippen molar-refractivity contribution in [1.29, 1.82) is 0 Å². The minimum atomic E-state index is -3.03.